The van der Waals surface area contributed by atoms with E-state index in [0.717, 1.165) is 201 Å². The van der Waals surface area contributed by atoms with Crippen molar-refractivity contribution in [1.29, 1.82) is 0 Å². The molecule has 4 aliphatic carbocycles. The van der Waals surface area contributed by atoms with Gasteiger partial charge in [-0.25, -0.2) is 54.2 Å². The van der Waals surface area contributed by atoms with Crippen molar-refractivity contribution < 1.29 is 14.0 Å². The number of hydrogen-bond donors (Lipinski definition) is 10. The minimum absolute atomic E-state index is 0.0439. The van der Waals surface area contributed by atoms with Gasteiger partial charge in [0.2, 0.25) is 0 Å². The van der Waals surface area contributed by atoms with E-state index in [-0.39, 0.29) is 81.7 Å². The van der Waals surface area contributed by atoms with Crippen LogP contribution in [0.1, 0.15) is 237 Å². The summed E-state index contributed by atoms with van der Waals surface area (Å²) in [5.74, 6) is 2.56. The molecule has 0 unspecified atom stereocenters. The number of para-hydroxylation sites is 1. The number of halogens is 1. The number of pyridine rings is 5. The fourth-order valence-corrected chi connectivity index (χ4v) is 20.5. The smallest absolute Gasteiger partial charge is 0.263 e. The molecule has 736 valence electrons. The van der Waals surface area contributed by atoms with E-state index in [4.69, 9.17) is 0 Å². The number of aromatic amines is 5. The lowest BCUT2D eigenvalue weighted by Gasteiger charge is -2.22. The zero-order valence-corrected chi connectivity index (χ0v) is 83.1. The summed E-state index contributed by atoms with van der Waals surface area (Å²) < 4.78 is 23.8. The topological polar surface area (TPSA) is 412 Å². The second-order valence-corrected chi connectivity index (χ2v) is 38.8. The maximum atomic E-state index is 14.2. The highest BCUT2D eigenvalue weighted by atomic mass is 19.1. The number of carbonyl (C=O) groups is 2. The van der Waals surface area contributed by atoms with E-state index in [1.165, 1.54) is 39.0 Å². The normalized spacial score (nSPS) is 14.5. The predicted molar refractivity (Wildman–Crippen MR) is 573 cm³/mol. The average Bonchev–Trinajstić information content (AvgIpc) is 1.69. The molecule has 10 N–H and O–H groups in total. The lowest BCUT2D eigenvalue weighted by Crippen LogP contribution is -2.26. The standard InChI is InChI=1S/C26H23N5O2.C23H23N5O2.C22H23N5O.C21H20FN5O.C21H21N5O/c1-15-8-7-9-18-12-21(31(26(33)22(15)18)19-10-5-4-6-11-19)16(2)30-25-23-20(17(3)32)13-27-24(23)28-14-29-25;1-12-5-4-6-15-9-18(28(16-7-8-16)23(30)19(12)15)13(2)27-22-20-17(14(3)29)10-24-21(20)25-11-26-22;1-12-5-4-6-15-9-17(27(16-7-8-16)22(28)18(12)15)14(3)26-21-19-13(2)10-23-20(19)24-11-25-21;1-11-4-3-5-13-8-16(27(14-6-7-14)21(28)17(11)13)12(2)26-20-18-15(22)9-23-19(18)24-10-25-20;1-12-4-3-5-14-10-17(26(15-6-7-15)21(27)18(12)14)13(2)25-20-16-8-9-22-19(16)23-11-24-20/h4-14,16H,1-3H3,(H2,27,28,29,30);4-6,9-11,13,16H,7-8H2,1-3H3,(H2,24,25,26,27);4-6,9-11,14,16H,7-8H2,1-3H3,(H2,23,24,25,26);3-5,8-10,12,14H,6-7H2,1-2H3,(H2,23,24,25,26);3-5,8-11,13,15H,6-7H2,1-2H3,(H2,22,23,24,25)/t16-;13-;14-;12-;13-/m00000/s1. The number of Topliss-reactive ketones (excluding diaryl/α,β-unsaturated/α-hetero) is 2. The van der Waals surface area contributed by atoms with Gasteiger partial charge >= 0.3 is 0 Å². The number of anilines is 5. The first-order valence-electron chi connectivity index (χ1n) is 49.5. The van der Waals surface area contributed by atoms with Gasteiger partial charge in [-0.05, 0) is 250 Å². The first-order valence-corrected chi connectivity index (χ1v) is 49.5. The van der Waals surface area contributed by atoms with Crippen molar-refractivity contribution in [3.8, 4) is 5.69 Å². The number of fused-ring (bicyclic) bond motifs is 10. The van der Waals surface area contributed by atoms with Crippen LogP contribution < -0.4 is 54.4 Å². The number of nitrogens with zero attached hydrogens (tertiary/aromatic N) is 15. The third kappa shape index (κ3) is 18.1. The average molecular weight is 1950 g/mol. The number of nitrogens with one attached hydrogen (secondary N) is 10. The van der Waals surface area contributed by atoms with Gasteiger partial charge in [0.25, 0.3) is 27.8 Å². The van der Waals surface area contributed by atoms with E-state index < -0.39 is 5.82 Å². The number of hydrogen-bond acceptors (Lipinski definition) is 22. The number of H-pyrrole nitrogens is 5. The molecular formula is C113H110FN25O7. The summed E-state index contributed by atoms with van der Waals surface area (Å²) in [6.07, 6.45) is 24.1. The third-order valence-electron chi connectivity index (χ3n) is 28.3. The highest BCUT2D eigenvalue weighted by Crippen LogP contribution is 2.44. The Morgan fingerprint density at radius 3 is 0.966 bits per heavy atom. The second kappa shape index (κ2) is 38.9. The van der Waals surface area contributed by atoms with E-state index in [1.54, 1.807) is 29.6 Å². The van der Waals surface area contributed by atoms with E-state index >= 15 is 0 Å². The van der Waals surface area contributed by atoms with E-state index in [1.807, 2.05) is 226 Å². The van der Waals surface area contributed by atoms with E-state index in [2.05, 4.69) is 139 Å². The van der Waals surface area contributed by atoms with E-state index in [0.29, 0.717) is 79.2 Å². The van der Waals surface area contributed by atoms with Crippen molar-refractivity contribution in [2.45, 2.75) is 196 Å². The summed E-state index contributed by atoms with van der Waals surface area (Å²) in [5, 5.41) is 29.4. The number of benzene rings is 6. The quantitative estimate of drug-likeness (QED) is 0.0282. The Morgan fingerprint density at radius 1 is 0.308 bits per heavy atom. The molecule has 0 amide bonds. The number of carbonyl (C=O) groups excluding carboxylic acids is 2. The largest absolute Gasteiger partial charge is 0.361 e. The lowest BCUT2D eigenvalue weighted by molar-refractivity contribution is 0.101. The van der Waals surface area contributed by atoms with Crippen LogP contribution in [-0.2, 0) is 0 Å². The molecule has 4 fully saturated rings. The Kier molecular flexibility index (Phi) is 25.3. The second-order valence-electron chi connectivity index (χ2n) is 38.8. The number of aromatic nitrogens is 20. The summed E-state index contributed by atoms with van der Waals surface area (Å²) in [7, 11) is 0. The molecule has 0 bridgehead atoms. The summed E-state index contributed by atoms with van der Waals surface area (Å²) in [4.78, 5) is 149. The predicted octanol–water partition coefficient (Wildman–Crippen LogP) is 22.0. The van der Waals surface area contributed by atoms with Crippen LogP contribution in [0.2, 0.25) is 0 Å². The zero-order chi connectivity index (χ0) is 101. The van der Waals surface area contributed by atoms with Crippen LogP contribution in [0.5, 0.6) is 0 Å². The highest BCUT2D eigenvalue weighted by molar-refractivity contribution is 6.11. The molecule has 146 heavy (non-hydrogen) atoms. The molecule has 0 spiro atoms. The molecule has 33 heteroatoms. The van der Waals surface area contributed by atoms with Gasteiger partial charge in [-0.15, -0.1) is 0 Å². The van der Waals surface area contributed by atoms with Crippen molar-refractivity contribution in [3.05, 3.63) is 351 Å². The molecule has 32 nitrogen and oxygen atoms in total. The van der Waals surface area contributed by atoms with Crippen molar-refractivity contribution in [1.82, 2.24) is 97.6 Å². The summed E-state index contributed by atoms with van der Waals surface area (Å²) >= 11 is 0. The highest BCUT2D eigenvalue weighted by Gasteiger charge is 2.36. The minimum Gasteiger partial charge on any atom is -0.361 e. The van der Waals surface area contributed by atoms with Crippen LogP contribution in [-0.4, -0.2) is 109 Å². The number of rotatable bonds is 22. The van der Waals surface area contributed by atoms with Crippen LogP contribution in [0.15, 0.2) is 244 Å². The summed E-state index contributed by atoms with van der Waals surface area (Å²) in [5.41, 5.74) is 16.1. The molecule has 5 atom stereocenters. The minimum atomic E-state index is -0.404. The maximum Gasteiger partial charge on any atom is 0.263 e. The number of ketones is 2. The molecule has 4 aliphatic rings. The van der Waals surface area contributed by atoms with Crippen LogP contribution in [0, 0.1) is 47.4 Å². The molecule has 15 heterocycles. The molecule has 0 radical (unpaired) electrons. The van der Waals surface area contributed by atoms with Gasteiger partial charge < -0.3 is 69.8 Å². The zero-order valence-electron chi connectivity index (χ0n) is 83.1. The molecule has 15 aromatic heterocycles. The molecule has 6 aromatic carbocycles. The van der Waals surface area contributed by atoms with Crippen LogP contribution in [0.3, 0.4) is 0 Å². The third-order valence-corrected chi connectivity index (χ3v) is 28.3. The van der Waals surface area contributed by atoms with Crippen molar-refractivity contribution >= 4 is 150 Å². The lowest BCUT2D eigenvalue weighted by atomic mass is 10.0. The Morgan fingerprint density at radius 2 is 0.603 bits per heavy atom. The van der Waals surface area contributed by atoms with Crippen molar-refractivity contribution in [2.24, 2.45) is 0 Å². The fraction of sp³-hybridized carbons (Fsp3) is 0.265. The number of aryl methyl sites for hydroxylation is 6. The van der Waals surface area contributed by atoms with Crippen molar-refractivity contribution in [2.75, 3.05) is 26.6 Å². The Balaban J connectivity index is 0.000000107. The molecule has 25 rings (SSSR count). The molecular weight excluding hydrogens is 1840 g/mol. The van der Waals surface area contributed by atoms with Crippen LogP contribution >= 0.6 is 0 Å². The summed E-state index contributed by atoms with van der Waals surface area (Å²) in [6, 6.07) is 52.1. The van der Waals surface area contributed by atoms with E-state index in [9.17, 15) is 38.0 Å². The Labute approximate surface area is 835 Å². The fourth-order valence-electron chi connectivity index (χ4n) is 20.5. The van der Waals surface area contributed by atoms with Gasteiger partial charge in [-0.2, -0.15) is 0 Å². The van der Waals surface area contributed by atoms with Crippen LogP contribution in [0.4, 0.5) is 33.5 Å². The van der Waals surface area contributed by atoms with Crippen LogP contribution in [0.25, 0.3) is 115 Å². The molecule has 21 aromatic rings. The molecule has 4 saturated carbocycles. The van der Waals surface area contributed by atoms with Crippen molar-refractivity contribution in [3.63, 3.8) is 0 Å². The first kappa shape index (κ1) is 95.0. The molecule has 0 saturated heterocycles. The van der Waals surface area contributed by atoms with Gasteiger partial charge in [-0.1, -0.05) is 109 Å². The maximum absolute atomic E-state index is 14.2. The van der Waals surface area contributed by atoms with Gasteiger partial charge in [-0.3, -0.25) is 38.1 Å². The van der Waals surface area contributed by atoms with Gasteiger partial charge in [0, 0.05) is 100 Å². The molecule has 0 aliphatic heterocycles. The van der Waals surface area contributed by atoms with Gasteiger partial charge in [0.05, 0.1) is 84.1 Å². The first-order chi connectivity index (χ1) is 70.6. The monoisotopic (exact) mass is 1950 g/mol. The Bertz CT molecular complexity index is 8900. The summed E-state index contributed by atoms with van der Waals surface area (Å²) in [6.45, 7) is 25.1. The van der Waals surface area contributed by atoms with Gasteiger partial charge in [0.15, 0.2) is 17.4 Å². The Hall–Kier alpha value is -17.3. The SMILES string of the molecule is CC(=O)c1c[nH]c2ncnc(N[C@@H](C)c3cc4cccc(C)c4c(=O)n3-c3ccccc3)c12.CC(=O)c1c[nH]c2ncnc(N[C@@H](C)c3cc4cccc(C)c4c(=O)n3C3CC3)c12.Cc1c[nH]c2ncnc(N[C@@H](C)c3cc4cccc(C)c4c(=O)n3C3CC3)c12.Cc1cccc2cc([C@H](C)Nc3ncnc4[nH]cc(F)c34)n(C3CC3)c(=O)c12.Cc1cccc2cc([C@H](C)Nc3ncnc4[nH]ccc34)n(C3CC3)c(=O)c12. The van der Waals surface area contributed by atoms with Gasteiger partial charge in [0.1, 0.15) is 89.0 Å².